The molecule has 1 aliphatic rings. The summed E-state index contributed by atoms with van der Waals surface area (Å²) in [7, 11) is 0. The molecule has 3 N–H and O–H groups in total. The van der Waals surface area contributed by atoms with Crippen LogP contribution in [0, 0.1) is 5.41 Å². The zero-order valence-corrected chi connectivity index (χ0v) is 11.0. The lowest BCUT2D eigenvalue weighted by atomic mass is 9.92. The monoisotopic (exact) mass is 248 g/mol. The smallest absolute Gasteiger partial charge is 0.227 e. The van der Waals surface area contributed by atoms with Gasteiger partial charge in [0, 0.05) is 19.5 Å². The number of benzene rings is 1. The van der Waals surface area contributed by atoms with Crippen LogP contribution in [0.2, 0.25) is 0 Å². The van der Waals surface area contributed by atoms with Gasteiger partial charge in [0.25, 0.3) is 0 Å². The van der Waals surface area contributed by atoms with Crippen molar-refractivity contribution >= 4 is 5.91 Å². The van der Waals surface area contributed by atoms with Gasteiger partial charge < -0.3 is 15.8 Å². The quantitative estimate of drug-likeness (QED) is 0.842. The molecular formula is C14H20N2O2. The van der Waals surface area contributed by atoms with Crippen LogP contribution in [0.25, 0.3) is 0 Å². The highest BCUT2D eigenvalue weighted by Gasteiger charge is 2.25. The summed E-state index contributed by atoms with van der Waals surface area (Å²) in [6.07, 6.45) is 0.950. The van der Waals surface area contributed by atoms with Crippen molar-refractivity contribution in [3.05, 3.63) is 29.3 Å². The summed E-state index contributed by atoms with van der Waals surface area (Å²) in [5.41, 5.74) is 7.38. The summed E-state index contributed by atoms with van der Waals surface area (Å²) >= 11 is 0. The number of carbonyl (C=O) groups is 1. The Labute approximate surface area is 108 Å². The standard InChI is InChI=1S/C14H20N2O2/c1-14(2,9-15)13(17)16-8-10-3-4-12-11(7-10)5-6-18-12/h3-4,7H,5-6,8-9,15H2,1-2H3,(H,16,17). The van der Waals surface area contributed by atoms with Gasteiger partial charge in [-0.1, -0.05) is 12.1 Å². The van der Waals surface area contributed by atoms with Gasteiger partial charge in [-0.15, -0.1) is 0 Å². The Bertz CT molecular complexity index is 455. The van der Waals surface area contributed by atoms with Gasteiger partial charge in [0.15, 0.2) is 0 Å². The molecule has 1 aliphatic heterocycles. The summed E-state index contributed by atoms with van der Waals surface area (Å²) in [5, 5.41) is 2.92. The average molecular weight is 248 g/mol. The van der Waals surface area contributed by atoms with E-state index in [4.69, 9.17) is 10.5 Å². The molecule has 0 bridgehead atoms. The fourth-order valence-corrected chi connectivity index (χ4v) is 1.86. The zero-order valence-electron chi connectivity index (χ0n) is 11.0. The second-order valence-corrected chi connectivity index (χ2v) is 5.31. The maximum Gasteiger partial charge on any atom is 0.227 e. The molecule has 1 heterocycles. The van der Waals surface area contributed by atoms with E-state index in [1.807, 2.05) is 26.0 Å². The fourth-order valence-electron chi connectivity index (χ4n) is 1.86. The summed E-state index contributed by atoms with van der Waals surface area (Å²) in [4.78, 5) is 11.9. The lowest BCUT2D eigenvalue weighted by molar-refractivity contribution is -0.129. The van der Waals surface area contributed by atoms with Crippen LogP contribution in [0.1, 0.15) is 25.0 Å². The Morgan fingerprint density at radius 1 is 1.50 bits per heavy atom. The molecule has 0 unspecified atom stereocenters. The lowest BCUT2D eigenvalue weighted by Crippen LogP contribution is -2.41. The van der Waals surface area contributed by atoms with Gasteiger partial charge in [0.1, 0.15) is 5.75 Å². The van der Waals surface area contributed by atoms with Crippen molar-refractivity contribution in [1.82, 2.24) is 5.32 Å². The molecule has 0 aliphatic carbocycles. The van der Waals surface area contributed by atoms with Gasteiger partial charge >= 0.3 is 0 Å². The van der Waals surface area contributed by atoms with Gasteiger partial charge in [-0.3, -0.25) is 4.79 Å². The number of ether oxygens (including phenoxy) is 1. The number of carbonyl (C=O) groups excluding carboxylic acids is 1. The van der Waals surface area contributed by atoms with E-state index < -0.39 is 5.41 Å². The number of hydrogen-bond acceptors (Lipinski definition) is 3. The van der Waals surface area contributed by atoms with Gasteiger partial charge in [0.2, 0.25) is 5.91 Å². The number of hydrogen-bond donors (Lipinski definition) is 2. The van der Waals surface area contributed by atoms with E-state index in [1.54, 1.807) is 0 Å². The number of rotatable bonds is 4. The summed E-state index contributed by atoms with van der Waals surface area (Å²) in [6, 6.07) is 6.05. The molecule has 0 atom stereocenters. The molecular weight excluding hydrogens is 228 g/mol. The van der Waals surface area contributed by atoms with Crippen molar-refractivity contribution in [2.24, 2.45) is 11.1 Å². The number of amides is 1. The van der Waals surface area contributed by atoms with Crippen LogP contribution in [0.5, 0.6) is 5.75 Å². The molecule has 1 aromatic carbocycles. The Morgan fingerprint density at radius 2 is 2.28 bits per heavy atom. The molecule has 98 valence electrons. The molecule has 0 radical (unpaired) electrons. The predicted octanol–water partition coefficient (Wildman–Crippen LogP) is 1.22. The Balaban J connectivity index is 1.97. The van der Waals surface area contributed by atoms with Crippen LogP contribution in [-0.2, 0) is 17.8 Å². The van der Waals surface area contributed by atoms with Crippen molar-refractivity contribution in [3.63, 3.8) is 0 Å². The van der Waals surface area contributed by atoms with Crippen LogP contribution < -0.4 is 15.8 Å². The average Bonchev–Trinajstić information content (AvgIpc) is 2.83. The van der Waals surface area contributed by atoms with Gasteiger partial charge in [-0.2, -0.15) is 0 Å². The molecule has 0 aromatic heterocycles. The summed E-state index contributed by atoms with van der Waals surface area (Å²) < 4.78 is 5.45. The molecule has 0 spiro atoms. The van der Waals surface area contributed by atoms with E-state index in [1.165, 1.54) is 5.56 Å². The molecule has 0 fully saturated rings. The maximum atomic E-state index is 11.9. The van der Waals surface area contributed by atoms with E-state index >= 15 is 0 Å². The number of nitrogens with one attached hydrogen (secondary N) is 1. The molecule has 1 amide bonds. The normalized spacial score (nSPS) is 13.9. The van der Waals surface area contributed by atoms with E-state index in [9.17, 15) is 4.79 Å². The molecule has 1 aromatic rings. The third kappa shape index (κ3) is 2.64. The van der Waals surface area contributed by atoms with Crippen LogP contribution in [-0.4, -0.2) is 19.1 Å². The largest absolute Gasteiger partial charge is 0.493 e. The van der Waals surface area contributed by atoms with Crippen molar-refractivity contribution < 1.29 is 9.53 Å². The zero-order chi connectivity index (χ0) is 13.2. The van der Waals surface area contributed by atoms with Crippen LogP contribution in [0.3, 0.4) is 0 Å². The van der Waals surface area contributed by atoms with Crippen molar-refractivity contribution in [2.45, 2.75) is 26.8 Å². The Morgan fingerprint density at radius 3 is 3.00 bits per heavy atom. The molecule has 18 heavy (non-hydrogen) atoms. The van der Waals surface area contributed by atoms with E-state index in [0.717, 1.165) is 24.3 Å². The van der Waals surface area contributed by atoms with Crippen molar-refractivity contribution in [3.8, 4) is 5.75 Å². The third-order valence-corrected chi connectivity index (χ3v) is 3.33. The van der Waals surface area contributed by atoms with E-state index in [0.29, 0.717) is 13.1 Å². The molecule has 0 saturated carbocycles. The van der Waals surface area contributed by atoms with Crippen LogP contribution >= 0.6 is 0 Å². The summed E-state index contributed by atoms with van der Waals surface area (Å²) in [5.74, 6) is 0.953. The first-order valence-electron chi connectivity index (χ1n) is 6.26. The van der Waals surface area contributed by atoms with E-state index in [2.05, 4.69) is 11.4 Å². The molecule has 2 rings (SSSR count). The first kappa shape index (κ1) is 12.9. The molecule has 4 nitrogen and oxygen atoms in total. The van der Waals surface area contributed by atoms with Crippen molar-refractivity contribution in [1.29, 1.82) is 0 Å². The second kappa shape index (κ2) is 4.98. The summed E-state index contributed by atoms with van der Waals surface area (Å²) in [6.45, 7) is 5.33. The minimum absolute atomic E-state index is 0.0123. The first-order valence-corrected chi connectivity index (χ1v) is 6.26. The number of fused-ring (bicyclic) bond motifs is 1. The predicted molar refractivity (Wildman–Crippen MR) is 70.3 cm³/mol. The molecule has 4 heteroatoms. The highest BCUT2D eigenvalue weighted by Crippen LogP contribution is 2.25. The second-order valence-electron chi connectivity index (χ2n) is 5.31. The Hall–Kier alpha value is -1.55. The Kier molecular flexibility index (Phi) is 3.57. The van der Waals surface area contributed by atoms with Gasteiger partial charge in [-0.05, 0) is 31.0 Å². The highest BCUT2D eigenvalue weighted by molar-refractivity contribution is 5.82. The third-order valence-electron chi connectivity index (χ3n) is 3.33. The lowest BCUT2D eigenvalue weighted by Gasteiger charge is -2.21. The SMILES string of the molecule is CC(C)(CN)C(=O)NCc1ccc2c(c1)CCO2. The number of nitrogens with two attached hydrogens (primary N) is 1. The van der Waals surface area contributed by atoms with Crippen LogP contribution in [0.15, 0.2) is 18.2 Å². The fraction of sp³-hybridized carbons (Fsp3) is 0.500. The van der Waals surface area contributed by atoms with Gasteiger partial charge in [0.05, 0.1) is 12.0 Å². The first-order chi connectivity index (χ1) is 8.53. The van der Waals surface area contributed by atoms with Crippen LogP contribution in [0.4, 0.5) is 0 Å². The van der Waals surface area contributed by atoms with Gasteiger partial charge in [-0.25, -0.2) is 0 Å². The highest BCUT2D eigenvalue weighted by atomic mass is 16.5. The molecule has 0 saturated heterocycles. The van der Waals surface area contributed by atoms with Crippen molar-refractivity contribution in [2.75, 3.05) is 13.2 Å². The minimum Gasteiger partial charge on any atom is -0.493 e. The topological polar surface area (TPSA) is 64.4 Å². The maximum absolute atomic E-state index is 11.9. The van der Waals surface area contributed by atoms with E-state index in [-0.39, 0.29) is 5.91 Å². The minimum atomic E-state index is -0.514.